The molecule has 7 nitrogen and oxygen atoms in total. The Hall–Kier alpha value is -2.06. The molecule has 0 radical (unpaired) electrons. The largest absolute Gasteiger partial charge is 0.472 e. The maximum Gasteiger partial charge on any atom is 0.244 e. The Bertz CT molecular complexity index is 734. The Labute approximate surface area is 129 Å². The summed E-state index contributed by atoms with van der Waals surface area (Å²) in [5, 5.41) is 7.86. The van der Waals surface area contributed by atoms with Crippen molar-refractivity contribution in [2.24, 2.45) is 0 Å². The van der Waals surface area contributed by atoms with Gasteiger partial charge in [-0.15, -0.1) is 5.10 Å². The maximum atomic E-state index is 12.5. The Balaban J connectivity index is 1.68. The van der Waals surface area contributed by atoms with E-state index in [-0.39, 0.29) is 11.0 Å². The Morgan fingerprint density at radius 2 is 2.14 bits per heavy atom. The van der Waals surface area contributed by atoms with E-state index >= 15 is 0 Å². The van der Waals surface area contributed by atoms with Gasteiger partial charge in [0.1, 0.15) is 11.0 Å². The maximum absolute atomic E-state index is 12.5. The van der Waals surface area contributed by atoms with Crippen LogP contribution in [0.4, 0.5) is 0 Å². The zero-order valence-corrected chi connectivity index (χ0v) is 12.9. The first kappa shape index (κ1) is 14.9. The lowest BCUT2D eigenvalue weighted by Crippen LogP contribution is -2.31. The van der Waals surface area contributed by atoms with Crippen LogP contribution in [0.1, 0.15) is 12.1 Å². The molecule has 3 rings (SSSR count). The van der Waals surface area contributed by atoms with Crippen LogP contribution < -0.4 is 4.74 Å². The second-order valence-electron chi connectivity index (χ2n) is 5.09. The quantitative estimate of drug-likeness (QED) is 0.836. The van der Waals surface area contributed by atoms with Crippen molar-refractivity contribution >= 4 is 10.0 Å². The summed E-state index contributed by atoms with van der Waals surface area (Å²) in [6.45, 7) is 2.56. The van der Waals surface area contributed by atoms with Crippen molar-refractivity contribution in [2.45, 2.75) is 24.3 Å². The van der Waals surface area contributed by atoms with Crippen LogP contribution in [0.5, 0.6) is 5.88 Å². The molecule has 0 aromatic carbocycles. The number of sulfonamides is 1. The second-order valence-corrected chi connectivity index (χ2v) is 7.03. The first-order valence-corrected chi connectivity index (χ1v) is 8.37. The SMILES string of the molecule is Cc1ccc(O[C@@H]2CCN(S(=O)(=O)c3cccnc3)C2)nn1. The number of rotatable bonds is 4. The molecule has 1 saturated heterocycles. The molecule has 1 fully saturated rings. The van der Waals surface area contributed by atoms with Gasteiger partial charge in [0.2, 0.25) is 15.9 Å². The van der Waals surface area contributed by atoms with Crippen molar-refractivity contribution in [3.8, 4) is 5.88 Å². The third-order valence-corrected chi connectivity index (χ3v) is 5.29. The van der Waals surface area contributed by atoms with Gasteiger partial charge in [0.05, 0.1) is 12.2 Å². The highest BCUT2D eigenvalue weighted by Crippen LogP contribution is 2.22. The van der Waals surface area contributed by atoms with Crippen LogP contribution in [0.25, 0.3) is 0 Å². The first-order valence-electron chi connectivity index (χ1n) is 6.93. The van der Waals surface area contributed by atoms with E-state index in [4.69, 9.17) is 4.74 Å². The Morgan fingerprint density at radius 1 is 1.27 bits per heavy atom. The van der Waals surface area contributed by atoms with Crippen molar-refractivity contribution in [2.75, 3.05) is 13.1 Å². The molecule has 1 atom stereocenters. The van der Waals surface area contributed by atoms with Gasteiger partial charge in [-0.2, -0.15) is 9.40 Å². The van der Waals surface area contributed by atoms with Gasteiger partial charge in [0, 0.05) is 25.0 Å². The highest BCUT2D eigenvalue weighted by Gasteiger charge is 2.33. The molecule has 0 spiro atoms. The van der Waals surface area contributed by atoms with Crippen LogP contribution >= 0.6 is 0 Å². The normalized spacial score (nSPS) is 19.2. The minimum Gasteiger partial charge on any atom is -0.472 e. The van der Waals surface area contributed by atoms with Gasteiger partial charge < -0.3 is 4.74 Å². The summed E-state index contributed by atoms with van der Waals surface area (Å²) in [7, 11) is -3.52. The summed E-state index contributed by atoms with van der Waals surface area (Å²) >= 11 is 0. The standard InChI is InChI=1S/C14H16N4O3S/c1-11-4-5-14(17-16-11)21-12-6-8-18(10-12)22(19,20)13-3-2-7-15-9-13/h2-5,7,9,12H,6,8,10H2,1H3/t12-/m1/s1. The summed E-state index contributed by atoms with van der Waals surface area (Å²) in [4.78, 5) is 4.06. The van der Waals surface area contributed by atoms with Crippen molar-refractivity contribution in [3.05, 3.63) is 42.4 Å². The predicted molar refractivity (Wildman–Crippen MR) is 78.8 cm³/mol. The smallest absolute Gasteiger partial charge is 0.244 e. The lowest BCUT2D eigenvalue weighted by molar-refractivity contribution is 0.204. The minimum atomic E-state index is -3.52. The van der Waals surface area contributed by atoms with Gasteiger partial charge in [-0.25, -0.2) is 8.42 Å². The summed E-state index contributed by atoms with van der Waals surface area (Å²) in [6.07, 6.45) is 3.30. The van der Waals surface area contributed by atoms with Crippen LogP contribution in [0, 0.1) is 6.92 Å². The fourth-order valence-corrected chi connectivity index (χ4v) is 3.73. The molecule has 0 N–H and O–H groups in total. The van der Waals surface area contributed by atoms with E-state index in [2.05, 4.69) is 15.2 Å². The molecule has 8 heteroatoms. The Morgan fingerprint density at radius 3 is 2.82 bits per heavy atom. The van der Waals surface area contributed by atoms with Crippen LogP contribution in [-0.4, -0.2) is 47.1 Å². The van der Waals surface area contributed by atoms with Gasteiger partial charge in [-0.05, 0) is 31.5 Å². The van der Waals surface area contributed by atoms with E-state index in [9.17, 15) is 8.42 Å². The molecule has 0 saturated carbocycles. The number of hydrogen-bond donors (Lipinski definition) is 0. The van der Waals surface area contributed by atoms with E-state index in [0.717, 1.165) is 5.69 Å². The van der Waals surface area contributed by atoms with Gasteiger partial charge >= 0.3 is 0 Å². The summed E-state index contributed by atoms with van der Waals surface area (Å²) in [6, 6.07) is 6.70. The van der Waals surface area contributed by atoms with Crippen LogP contribution in [0.3, 0.4) is 0 Å². The van der Waals surface area contributed by atoms with Crippen molar-refractivity contribution < 1.29 is 13.2 Å². The number of aryl methyl sites for hydroxylation is 1. The number of aromatic nitrogens is 3. The van der Waals surface area contributed by atoms with Crippen molar-refractivity contribution in [1.29, 1.82) is 0 Å². The predicted octanol–water partition coefficient (Wildman–Crippen LogP) is 1.02. The van der Waals surface area contributed by atoms with E-state index in [1.165, 1.54) is 10.5 Å². The molecule has 0 aliphatic carbocycles. The fraction of sp³-hybridized carbons (Fsp3) is 0.357. The van der Waals surface area contributed by atoms with Gasteiger partial charge in [0.25, 0.3) is 0 Å². The molecule has 1 aliphatic heterocycles. The molecule has 1 aliphatic rings. The van der Waals surface area contributed by atoms with Crippen LogP contribution in [0.2, 0.25) is 0 Å². The topological polar surface area (TPSA) is 85.3 Å². The molecule has 3 heterocycles. The van der Waals surface area contributed by atoms with Crippen molar-refractivity contribution in [1.82, 2.24) is 19.5 Å². The molecule has 2 aromatic rings. The average molecular weight is 320 g/mol. The Kier molecular flexibility index (Phi) is 4.04. The van der Waals surface area contributed by atoms with E-state index in [1.807, 2.05) is 6.92 Å². The van der Waals surface area contributed by atoms with E-state index < -0.39 is 10.0 Å². The van der Waals surface area contributed by atoms with Gasteiger partial charge in [-0.1, -0.05) is 0 Å². The zero-order chi connectivity index (χ0) is 15.6. The fourth-order valence-electron chi connectivity index (χ4n) is 2.28. The number of hydrogen-bond acceptors (Lipinski definition) is 6. The molecule has 2 aromatic heterocycles. The monoisotopic (exact) mass is 320 g/mol. The molecule has 22 heavy (non-hydrogen) atoms. The molecule has 116 valence electrons. The summed E-state index contributed by atoms with van der Waals surface area (Å²) < 4.78 is 32.1. The van der Waals surface area contributed by atoms with Gasteiger partial charge in [0.15, 0.2) is 0 Å². The molecule has 0 bridgehead atoms. The highest BCUT2D eigenvalue weighted by atomic mass is 32.2. The van der Waals surface area contributed by atoms with E-state index in [0.29, 0.717) is 25.4 Å². The highest BCUT2D eigenvalue weighted by molar-refractivity contribution is 7.89. The third-order valence-electron chi connectivity index (χ3n) is 3.44. The number of ether oxygens (including phenoxy) is 1. The molecule has 0 unspecified atom stereocenters. The summed E-state index contributed by atoms with van der Waals surface area (Å²) in [5.41, 5.74) is 0.805. The summed E-state index contributed by atoms with van der Waals surface area (Å²) in [5.74, 6) is 0.413. The molecule has 0 amide bonds. The first-order chi connectivity index (χ1) is 10.6. The van der Waals surface area contributed by atoms with E-state index in [1.54, 1.807) is 30.5 Å². The van der Waals surface area contributed by atoms with Crippen LogP contribution in [0.15, 0.2) is 41.6 Å². The number of pyridine rings is 1. The van der Waals surface area contributed by atoms with Crippen molar-refractivity contribution in [3.63, 3.8) is 0 Å². The second kappa shape index (κ2) is 5.98. The van der Waals surface area contributed by atoms with Crippen LogP contribution in [-0.2, 0) is 10.0 Å². The minimum absolute atomic E-state index is 0.200. The number of nitrogens with zero attached hydrogens (tertiary/aromatic N) is 4. The molecular weight excluding hydrogens is 304 g/mol. The lowest BCUT2D eigenvalue weighted by Gasteiger charge is -2.16. The molecular formula is C14H16N4O3S. The van der Waals surface area contributed by atoms with Gasteiger partial charge in [-0.3, -0.25) is 4.98 Å². The lowest BCUT2D eigenvalue weighted by atomic mass is 10.3. The zero-order valence-electron chi connectivity index (χ0n) is 12.1. The third kappa shape index (κ3) is 3.07. The average Bonchev–Trinajstić information content (AvgIpc) is 3.00.